The predicted molar refractivity (Wildman–Crippen MR) is 142 cm³/mol. The highest BCUT2D eigenvalue weighted by molar-refractivity contribution is 14.0. The predicted octanol–water partition coefficient (Wildman–Crippen LogP) is 4.99. The van der Waals surface area contributed by atoms with Crippen LogP contribution in [0.15, 0.2) is 59.7 Å². The zero-order valence-corrected chi connectivity index (χ0v) is 22.0. The van der Waals surface area contributed by atoms with Crippen LogP contribution in [0.25, 0.3) is 0 Å². The first-order valence-corrected chi connectivity index (χ1v) is 10.4. The zero-order valence-electron chi connectivity index (χ0n) is 19.6. The van der Waals surface area contributed by atoms with Crippen molar-refractivity contribution in [1.82, 2.24) is 15.6 Å². The summed E-state index contributed by atoms with van der Waals surface area (Å²) in [4.78, 5) is 8.62. The van der Waals surface area contributed by atoms with Crippen LogP contribution in [-0.2, 0) is 13.1 Å². The summed E-state index contributed by atoms with van der Waals surface area (Å²) in [7, 11) is 4.99. The Kier molecular flexibility index (Phi) is 10.2. The Morgan fingerprint density at radius 2 is 1.55 bits per heavy atom. The van der Waals surface area contributed by atoms with Gasteiger partial charge in [0.1, 0.15) is 5.75 Å². The van der Waals surface area contributed by atoms with Crippen LogP contribution in [0.4, 0.5) is 0 Å². The van der Waals surface area contributed by atoms with Crippen molar-refractivity contribution in [2.45, 2.75) is 26.9 Å². The van der Waals surface area contributed by atoms with Crippen LogP contribution in [0.1, 0.15) is 22.3 Å². The highest BCUT2D eigenvalue weighted by Gasteiger charge is 2.06. The van der Waals surface area contributed by atoms with Gasteiger partial charge in [-0.2, -0.15) is 0 Å². The Hall–Kier alpha value is -3.01. The molecular formula is C25H31IN4O3. The van der Waals surface area contributed by atoms with Gasteiger partial charge in [-0.05, 0) is 66.4 Å². The number of hydrogen-bond donors (Lipinski definition) is 2. The molecule has 3 aromatic rings. The molecule has 0 saturated heterocycles. The van der Waals surface area contributed by atoms with Crippen LogP contribution in [0, 0.1) is 13.8 Å². The van der Waals surface area contributed by atoms with Crippen molar-refractivity contribution in [3.05, 3.63) is 77.0 Å². The molecule has 0 atom stereocenters. The van der Waals surface area contributed by atoms with Crippen molar-refractivity contribution in [3.63, 3.8) is 0 Å². The second-order valence-electron chi connectivity index (χ2n) is 7.32. The Labute approximate surface area is 212 Å². The number of pyridine rings is 1. The molecule has 176 valence electrons. The van der Waals surface area contributed by atoms with Gasteiger partial charge >= 0.3 is 0 Å². The van der Waals surface area contributed by atoms with E-state index in [1.807, 2.05) is 48.5 Å². The smallest absolute Gasteiger partial charge is 0.219 e. The SMILES string of the molecule is CN=C(NCc1ccnc(Oc2ccc(C)c(C)c2)c1)NCc1ccc(OC)c(OC)c1.I. The fourth-order valence-electron chi connectivity index (χ4n) is 3.10. The molecule has 0 amide bonds. The number of aromatic nitrogens is 1. The second kappa shape index (κ2) is 12.9. The molecule has 0 aliphatic carbocycles. The Bertz CT molecular complexity index is 1090. The number of methoxy groups -OCH3 is 2. The van der Waals surface area contributed by atoms with E-state index in [9.17, 15) is 0 Å². The van der Waals surface area contributed by atoms with Crippen molar-refractivity contribution in [3.8, 4) is 23.1 Å². The minimum absolute atomic E-state index is 0. The number of benzene rings is 2. The topological polar surface area (TPSA) is 77.0 Å². The standard InChI is InChI=1S/C25H30N4O3.HI/c1-17-6-8-21(12-18(17)2)32-24-14-20(10-11-27-24)16-29-25(26-3)28-15-19-7-9-22(30-4)23(13-19)31-5;/h6-14H,15-16H2,1-5H3,(H2,26,28,29);1H. The van der Waals surface area contributed by atoms with Gasteiger partial charge in [0, 0.05) is 32.4 Å². The Morgan fingerprint density at radius 3 is 2.18 bits per heavy atom. The molecule has 0 aliphatic heterocycles. The van der Waals surface area contributed by atoms with Gasteiger partial charge in [0.15, 0.2) is 17.5 Å². The molecule has 0 radical (unpaired) electrons. The molecule has 2 aromatic carbocycles. The van der Waals surface area contributed by atoms with E-state index in [1.165, 1.54) is 11.1 Å². The van der Waals surface area contributed by atoms with E-state index in [4.69, 9.17) is 14.2 Å². The summed E-state index contributed by atoms with van der Waals surface area (Å²) in [6.45, 7) is 5.32. The first-order valence-electron chi connectivity index (χ1n) is 10.4. The van der Waals surface area contributed by atoms with E-state index in [1.54, 1.807) is 27.5 Å². The van der Waals surface area contributed by atoms with E-state index in [-0.39, 0.29) is 24.0 Å². The minimum Gasteiger partial charge on any atom is -0.493 e. The maximum absolute atomic E-state index is 5.93. The average Bonchev–Trinajstić information content (AvgIpc) is 2.81. The molecule has 1 aromatic heterocycles. The summed E-state index contributed by atoms with van der Waals surface area (Å²) in [5, 5.41) is 6.62. The van der Waals surface area contributed by atoms with Gasteiger partial charge in [0.25, 0.3) is 0 Å². The summed E-state index contributed by atoms with van der Waals surface area (Å²) in [6.07, 6.45) is 1.74. The van der Waals surface area contributed by atoms with Crippen LogP contribution in [0.3, 0.4) is 0 Å². The number of ether oxygens (including phenoxy) is 3. The molecule has 0 saturated carbocycles. The van der Waals surface area contributed by atoms with Crippen molar-refractivity contribution in [2.75, 3.05) is 21.3 Å². The molecule has 0 unspecified atom stereocenters. The van der Waals surface area contributed by atoms with Gasteiger partial charge in [-0.25, -0.2) is 4.98 Å². The van der Waals surface area contributed by atoms with Crippen LogP contribution >= 0.6 is 24.0 Å². The summed E-state index contributed by atoms with van der Waals surface area (Å²) in [5.74, 6) is 3.42. The maximum Gasteiger partial charge on any atom is 0.219 e. The van der Waals surface area contributed by atoms with Crippen molar-refractivity contribution >= 4 is 29.9 Å². The molecule has 0 aliphatic rings. The highest BCUT2D eigenvalue weighted by Crippen LogP contribution is 2.27. The van der Waals surface area contributed by atoms with E-state index < -0.39 is 0 Å². The van der Waals surface area contributed by atoms with Crippen molar-refractivity contribution in [1.29, 1.82) is 0 Å². The van der Waals surface area contributed by atoms with E-state index >= 15 is 0 Å². The van der Waals surface area contributed by atoms with Gasteiger partial charge in [0.2, 0.25) is 5.88 Å². The number of aryl methyl sites for hydroxylation is 2. The fraction of sp³-hybridized carbons (Fsp3) is 0.280. The van der Waals surface area contributed by atoms with Crippen molar-refractivity contribution in [2.24, 2.45) is 4.99 Å². The maximum atomic E-state index is 5.93. The summed E-state index contributed by atoms with van der Waals surface area (Å²) in [6, 6.07) is 15.7. The van der Waals surface area contributed by atoms with E-state index in [2.05, 4.69) is 34.5 Å². The number of nitrogens with zero attached hydrogens (tertiary/aromatic N) is 2. The fourth-order valence-corrected chi connectivity index (χ4v) is 3.10. The Balaban J connectivity index is 0.00000385. The molecule has 0 bridgehead atoms. The lowest BCUT2D eigenvalue weighted by Gasteiger charge is -2.14. The van der Waals surface area contributed by atoms with E-state index in [0.29, 0.717) is 36.4 Å². The third-order valence-electron chi connectivity index (χ3n) is 5.09. The third kappa shape index (κ3) is 7.52. The summed E-state index contributed by atoms with van der Waals surface area (Å²) in [5.41, 5.74) is 4.51. The lowest BCUT2D eigenvalue weighted by atomic mass is 10.1. The first kappa shape index (κ1) is 26.2. The molecule has 2 N–H and O–H groups in total. The van der Waals surface area contributed by atoms with Crippen LogP contribution in [0.5, 0.6) is 23.1 Å². The van der Waals surface area contributed by atoms with Gasteiger partial charge in [-0.1, -0.05) is 12.1 Å². The number of aliphatic imine (C=N–C) groups is 1. The molecular weight excluding hydrogens is 531 g/mol. The Morgan fingerprint density at radius 1 is 0.848 bits per heavy atom. The lowest BCUT2D eigenvalue weighted by molar-refractivity contribution is 0.354. The highest BCUT2D eigenvalue weighted by atomic mass is 127. The average molecular weight is 562 g/mol. The number of nitrogens with one attached hydrogen (secondary N) is 2. The molecule has 1 heterocycles. The van der Waals surface area contributed by atoms with Crippen LogP contribution < -0.4 is 24.8 Å². The van der Waals surface area contributed by atoms with Gasteiger partial charge in [-0.15, -0.1) is 24.0 Å². The lowest BCUT2D eigenvalue weighted by Crippen LogP contribution is -2.36. The molecule has 8 heteroatoms. The molecule has 33 heavy (non-hydrogen) atoms. The quantitative estimate of drug-likeness (QED) is 0.229. The van der Waals surface area contributed by atoms with Crippen molar-refractivity contribution < 1.29 is 14.2 Å². The summed E-state index contributed by atoms with van der Waals surface area (Å²) < 4.78 is 16.6. The van der Waals surface area contributed by atoms with Gasteiger partial charge in [0.05, 0.1) is 14.2 Å². The molecule has 7 nitrogen and oxygen atoms in total. The largest absolute Gasteiger partial charge is 0.493 e. The molecule has 0 fully saturated rings. The summed E-state index contributed by atoms with van der Waals surface area (Å²) >= 11 is 0. The van der Waals surface area contributed by atoms with Crippen LogP contribution in [-0.4, -0.2) is 32.2 Å². The number of hydrogen-bond acceptors (Lipinski definition) is 5. The monoisotopic (exact) mass is 562 g/mol. The number of rotatable bonds is 8. The molecule has 3 rings (SSSR count). The minimum atomic E-state index is 0. The zero-order chi connectivity index (χ0) is 22.9. The van der Waals surface area contributed by atoms with Gasteiger partial charge in [-0.3, -0.25) is 4.99 Å². The third-order valence-corrected chi connectivity index (χ3v) is 5.09. The second-order valence-corrected chi connectivity index (χ2v) is 7.32. The number of halogens is 1. The van der Waals surface area contributed by atoms with Crippen LogP contribution in [0.2, 0.25) is 0 Å². The normalized spacial score (nSPS) is 10.8. The molecule has 0 spiro atoms. The number of guanidine groups is 1. The first-order chi connectivity index (χ1) is 15.5. The van der Waals surface area contributed by atoms with Gasteiger partial charge < -0.3 is 24.8 Å². The van der Waals surface area contributed by atoms with E-state index in [0.717, 1.165) is 16.9 Å².